The summed E-state index contributed by atoms with van der Waals surface area (Å²) in [7, 11) is 1.81. The maximum atomic E-state index is 14.2. The van der Waals surface area contributed by atoms with Crippen LogP contribution >= 0.6 is 0 Å². The van der Waals surface area contributed by atoms with Crippen molar-refractivity contribution < 1.29 is 18.7 Å². The fourth-order valence-electron chi connectivity index (χ4n) is 3.24. The standard InChI is InChI=1S/C18H21F2N3O2/c1-23-13(6-7-21-23)3-5-17(25)22-18(11-8-14(24)9-11)15-4-2-12(19)10-16(15)20/h2,4,6-7,10-11,14,18,24H,3,5,8-9H2,1H3,(H,22,25)/t11?,14?,18-/m0/s1. The number of aryl methyl sites for hydroxylation is 2. The Morgan fingerprint density at radius 2 is 2.16 bits per heavy atom. The fourth-order valence-corrected chi connectivity index (χ4v) is 3.24. The van der Waals surface area contributed by atoms with E-state index >= 15 is 0 Å². The molecule has 1 saturated carbocycles. The van der Waals surface area contributed by atoms with Crippen molar-refractivity contribution in [2.45, 2.75) is 37.8 Å². The van der Waals surface area contributed by atoms with Gasteiger partial charge in [-0.2, -0.15) is 5.10 Å². The fraction of sp³-hybridized carbons (Fsp3) is 0.444. The van der Waals surface area contributed by atoms with Crippen LogP contribution in [0.1, 0.15) is 36.6 Å². The minimum atomic E-state index is -0.682. The van der Waals surface area contributed by atoms with Crippen LogP contribution in [0.25, 0.3) is 0 Å². The first-order valence-electron chi connectivity index (χ1n) is 8.33. The van der Waals surface area contributed by atoms with E-state index in [2.05, 4.69) is 10.4 Å². The van der Waals surface area contributed by atoms with Crippen molar-refractivity contribution in [2.75, 3.05) is 0 Å². The van der Waals surface area contributed by atoms with Gasteiger partial charge in [-0.3, -0.25) is 9.48 Å². The minimum absolute atomic E-state index is 0.0596. The van der Waals surface area contributed by atoms with Crippen LogP contribution in [0.2, 0.25) is 0 Å². The number of aliphatic hydroxyl groups excluding tert-OH is 1. The van der Waals surface area contributed by atoms with Gasteiger partial charge in [-0.15, -0.1) is 0 Å². The summed E-state index contributed by atoms with van der Waals surface area (Å²) in [5, 5.41) is 16.5. The molecule has 2 aromatic rings. The SMILES string of the molecule is Cn1nccc1CCC(=O)N[C@H](c1ccc(F)cc1F)C1CC(O)C1. The van der Waals surface area contributed by atoms with Crippen LogP contribution < -0.4 is 5.32 Å². The van der Waals surface area contributed by atoms with E-state index in [1.807, 2.05) is 6.07 Å². The zero-order chi connectivity index (χ0) is 18.0. The Kier molecular flexibility index (Phi) is 5.13. The largest absolute Gasteiger partial charge is 0.393 e. The average Bonchev–Trinajstić information content (AvgIpc) is 2.93. The Morgan fingerprint density at radius 3 is 2.76 bits per heavy atom. The van der Waals surface area contributed by atoms with Gasteiger partial charge in [-0.05, 0) is 37.3 Å². The van der Waals surface area contributed by atoms with Crippen LogP contribution in [-0.2, 0) is 18.3 Å². The minimum Gasteiger partial charge on any atom is -0.393 e. The monoisotopic (exact) mass is 349 g/mol. The number of carbonyl (C=O) groups is 1. The van der Waals surface area contributed by atoms with Gasteiger partial charge in [0.25, 0.3) is 0 Å². The van der Waals surface area contributed by atoms with Gasteiger partial charge in [-0.1, -0.05) is 6.07 Å². The Bertz CT molecular complexity index is 757. The van der Waals surface area contributed by atoms with Gasteiger partial charge in [-0.25, -0.2) is 8.78 Å². The number of aromatic nitrogens is 2. The molecule has 1 aromatic heterocycles. The van der Waals surface area contributed by atoms with Crippen molar-refractivity contribution in [1.29, 1.82) is 0 Å². The van der Waals surface area contributed by atoms with Crippen LogP contribution in [0.5, 0.6) is 0 Å². The smallest absolute Gasteiger partial charge is 0.220 e. The lowest BCUT2D eigenvalue weighted by Gasteiger charge is -2.38. The highest BCUT2D eigenvalue weighted by molar-refractivity contribution is 5.76. The molecule has 0 unspecified atom stereocenters. The van der Waals surface area contributed by atoms with Gasteiger partial charge in [0.1, 0.15) is 11.6 Å². The van der Waals surface area contributed by atoms with E-state index in [9.17, 15) is 18.7 Å². The van der Waals surface area contributed by atoms with Gasteiger partial charge in [0, 0.05) is 37.0 Å². The third kappa shape index (κ3) is 4.04. The number of nitrogens with zero attached hydrogens (tertiary/aromatic N) is 2. The molecule has 1 aliphatic carbocycles. The maximum absolute atomic E-state index is 14.2. The summed E-state index contributed by atoms with van der Waals surface area (Å²) < 4.78 is 29.0. The predicted octanol–water partition coefficient (Wildman–Crippen LogP) is 2.26. The summed E-state index contributed by atoms with van der Waals surface area (Å²) in [4.78, 5) is 12.3. The molecule has 1 heterocycles. The number of amides is 1. The molecule has 134 valence electrons. The van der Waals surface area contributed by atoms with Crippen molar-refractivity contribution >= 4 is 5.91 Å². The molecule has 1 atom stereocenters. The number of hydrogen-bond donors (Lipinski definition) is 2. The highest BCUT2D eigenvalue weighted by Crippen LogP contribution is 2.39. The van der Waals surface area contributed by atoms with Crippen molar-refractivity contribution in [1.82, 2.24) is 15.1 Å². The first-order valence-corrected chi connectivity index (χ1v) is 8.33. The van der Waals surface area contributed by atoms with Crippen molar-refractivity contribution in [3.8, 4) is 0 Å². The molecule has 25 heavy (non-hydrogen) atoms. The average molecular weight is 349 g/mol. The third-order valence-electron chi connectivity index (χ3n) is 4.77. The second kappa shape index (κ2) is 7.31. The number of aliphatic hydroxyl groups is 1. The second-order valence-corrected chi connectivity index (χ2v) is 6.54. The molecule has 1 fully saturated rings. The van der Waals surface area contributed by atoms with E-state index in [1.165, 1.54) is 12.1 Å². The normalized spacial score (nSPS) is 20.8. The van der Waals surface area contributed by atoms with Crippen molar-refractivity contribution in [2.24, 2.45) is 13.0 Å². The summed E-state index contributed by atoms with van der Waals surface area (Å²) >= 11 is 0. The topological polar surface area (TPSA) is 67.2 Å². The summed E-state index contributed by atoms with van der Waals surface area (Å²) in [6.07, 6.45) is 2.98. The second-order valence-electron chi connectivity index (χ2n) is 6.54. The van der Waals surface area contributed by atoms with Crippen molar-refractivity contribution in [3.63, 3.8) is 0 Å². The van der Waals surface area contributed by atoms with E-state index < -0.39 is 23.8 Å². The number of nitrogens with one attached hydrogen (secondary N) is 1. The van der Waals surface area contributed by atoms with Crippen molar-refractivity contribution in [3.05, 3.63) is 53.4 Å². The van der Waals surface area contributed by atoms with E-state index in [-0.39, 0.29) is 23.8 Å². The van der Waals surface area contributed by atoms with E-state index in [0.29, 0.717) is 19.3 Å². The zero-order valence-electron chi connectivity index (χ0n) is 14.0. The lowest BCUT2D eigenvalue weighted by molar-refractivity contribution is -0.123. The molecule has 2 N–H and O–H groups in total. The third-order valence-corrected chi connectivity index (χ3v) is 4.77. The van der Waals surface area contributed by atoms with Gasteiger partial charge >= 0.3 is 0 Å². The quantitative estimate of drug-likeness (QED) is 0.841. The zero-order valence-corrected chi connectivity index (χ0v) is 14.0. The molecule has 0 saturated heterocycles. The number of carbonyl (C=O) groups excluding carboxylic acids is 1. The van der Waals surface area contributed by atoms with E-state index in [0.717, 1.165) is 11.8 Å². The summed E-state index contributed by atoms with van der Waals surface area (Å²) in [6.45, 7) is 0. The Balaban J connectivity index is 1.69. The van der Waals surface area contributed by atoms with E-state index in [4.69, 9.17) is 0 Å². The highest BCUT2D eigenvalue weighted by Gasteiger charge is 2.36. The van der Waals surface area contributed by atoms with Gasteiger partial charge in [0.2, 0.25) is 5.91 Å². The van der Waals surface area contributed by atoms with Gasteiger partial charge < -0.3 is 10.4 Å². The summed E-state index contributed by atoms with van der Waals surface area (Å²) in [5.74, 6) is -1.61. The molecule has 0 bridgehead atoms. The van der Waals surface area contributed by atoms with Crippen LogP contribution in [0.3, 0.4) is 0 Å². The molecule has 0 spiro atoms. The Morgan fingerprint density at radius 1 is 1.40 bits per heavy atom. The maximum Gasteiger partial charge on any atom is 0.220 e. The first kappa shape index (κ1) is 17.5. The number of benzene rings is 1. The number of rotatable bonds is 6. The van der Waals surface area contributed by atoms with E-state index in [1.54, 1.807) is 17.9 Å². The number of halogens is 2. The predicted molar refractivity (Wildman–Crippen MR) is 87.5 cm³/mol. The van der Waals surface area contributed by atoms with Crippen LogP contribution in [0.15, 0.2) is 30.5 Å². The lowest BCUT2D eigenvalue weighted by Crippen LogP contribution is -2.41. The molecule has 1 aliphatic rings. The van der Waals surface area contributed by atoms with Crippen LogP contribution in [0.4, 0.5) is 8.78 Å². The number of hydrogen-bond acceptors (Lipinski definition) is 3. The molecular formula is C18H21F2N3O2. The first-order chi connectivity index (χ1) is 11.9. The Labute approximate surface area is 144 Å². The molecular weight excluding hydrogens is 328 g/mol. The van der Waals surface area contributed by atoms with Crippen LogP contribution in [0, 0.1) is 17.6 Å². The molecule has 7 heteroatoms. The highest BCUT2D eigenvalue weighted by atomic mass is 19.1. The molecule has 0 aliphatic heterocycles. The molecule has 1 amide bonds. The van der Waals surface area contributed by atoms with Gasteiger partial charge in [0.15, 0.2) is 0 Å². The molecule has 0 radical (unpaired) electrons. The molecule has 1 aromatic carbocycles. The Hall–Kier alpha value is -2.28. The summed E-state index contributed by atoms with van der Waals surface area (Å²) in [6, 6.07) is 4.64. The van der Waals surface area contributed by atoms with Gasteiger partial charge in [0.05, 0.1) is 12.1 Å². The molecule has 5 nitrogen and oxygen atoms in total. The van der Waals surface area contributed by atoms with Crippen LogP contribution in [-0.4, -0.2) is 26.9 Å². The molecule has 3 rings (SSSR count). The lowest BCUT2D eigenvalue weighted by atomic mass is 9.75. The summed E-state index contributed by atoms with van der Waals surface area (Å²) in [5.41, 5.74) is 1.19.